The molecule has 4 nitrogen and oxygen atoms in total. The van der Waals surface area contributed by atoms with Gasteiger partial charge in [-0.1, -0.05) is 26.1 Å². The van der Waals surface area contributed by atoms with Crippen LogP contribution in [0.3, 0.4) is 0 Å². The van der Waals surface area contributed by atoms with E-state index in [1.165, 1.54) is 12.8 Å². The number of hydrogen-bond acceptors (Lipinski definition) is 3. The van der Waals surface area contributed by atoms with Crippen LogP contribution in [0.2, 0.25) is 0 Å². The van der Waals surface area contributed by atoms with Crippen molar-refractivity contribution in [2.45, 2.75) is 45.6 Å². The second kappa shape index (κ2) is 6.48. The number of nitrogens with one attached hydrogen (secondary N) is 1. The first kappa shape index (κ1) is 15.4. The van der Waals surface area contributed by atoms with Crippen molar-refractivity contribution in [2.75, 3.05) is 20.1 Å². The normalized spacial score (nSPS) is 15.8. The van der Waals surface area contributed by atoms with E-state index >= 15 is 0 Å². The standard InChI is InChI=1S/C13H25N3OS/c1-4-13(5-2,11(14)18)12(17)15-8-9-16(3)10-6-7-10/h10H,4-9H2,1-3H3,(H2,14,18)(H,15,17). The van der Waals surface area contributed by atoms with Gasteiger partial charge in [-0.2, -0.15) is 0 Å². The fourth-order valence-electron chi connectivity index (χ4n) is 2.24. The largest absolute Gasteiger partial charge is 0.392 e. The average Bonchev–Trinajstić information content (AvgIpc) is 3.14. The molecule has 1 aliphatic carbocycles. The lowest BCUT2D eigenvalue weighted by Gasteiger charge is -2.29. The highest BCUT2D eigenvalue weighted by Crippen LogP contribution is 2.27. The monoisotopic (exact) mass is 271 g/mol. The lowest BCUT2D eigenvalue weighted by Crippen LogP contribution is -2.49. The Kier molecular flexibility index (Phi) is 5.53. The summed E-state index contributed by atoms with van der Waals surface area (Å²) in [4.78, 5) is 14.8. The Labute approximate surface area is 115 Å². The van der Waals surface area contributed by atoms with E-state index in [9.17, 15) is 4.79 Å². The van der Waals surface area contributed by atoms with Crippen LogP contribution >= 0.6 is 12.2 Å². The van der Waals surface area contributed by atoms with Crippen molar-refractivity contribution in [1.29, 1.82) is 0 Å². The van der Waals surface area contributed by atoms with Crippen LogP contribution < -0.4 is 11.1 Å². The Morgan fingerprint density at radius 3 is 2.39 bits per heavy atom. The van der Waals surface area contributed by atoms with Crippen LogP contribution in [-0.4, -0.2) is 42.0 Å². The van der Waals surface area contributed by atoms with E-state index in [1.807, 2.05) is 13.8 Å². The highest BCUT2D eigenvalue weighted by molar-refractivity contribution is 7.80. The second-order valence-corrected chi connectivity index (χ2v) is 5.56. The summed E-state index contributed by atoms with van der Waals surface area (Å²) < 4.78 is 0. The first-order valence-corrected chi connectivity index (χ1v) is 7.17. The molecule has 0 heterocycles. The van der Waals surface area contributed by atoms with Crippen molar-refractivity contribution in [3.05, 3.63) is 0 Å². The van der Waals surface area contributed by atoms with Gasteiger partial charge in [-0.3, -0.25) is 4.79 Å². The molecule has 18 heavy (non-hydrogen) atoms. The zero-order chi connectivity index (χ0) is 13.8. The van der Waals surface area contributed by atoms with E-state index in [1.54, 1.807) is 0 Å². The van der Waals surface area contributed by atoms with Crippen LogP contribution in [-0.2, 0) is 4.79 Å². The van der Waals surface area contributed by atoms with Gasteiger partial charge in [0.2, 0.25) is 5.91 Å². The summed E-state index contributed by atoms with van der Waals surface area (Å²) in [6, 6.07) is 0.722. The Morgan fingerprint density at radius 1 is 1.44 bits per heavy atom. The molecule has 0 unspecified atom stereocenters. The molecule has 1 fully saturated rings. The summed E-state index contributed by atoms with van der Waals surface area (Å²) in [5, 5.41) is 2.97. The molecule has 1 aliphatic rings. The number of rotatable bonds is 8. The number of hydrogen-bond donors (Lipinski definition) is 2. The Bertz CT molecular complexity index is 311. The van der Waals surface area contributed by atoms with E-state index < -0.39 is 5.41 Å². The van der Waals surface area contributed by atoms with Crippen molar-refractivity contribution in [1.82, 2.24) is 10.2 Å². The highest BCUT2D eigenvalue weighted by Gasteiger charge is 2.37. The van der Waals surface area contributed by atoms with E-state index in [0.717, 1.165) is 12.6 Å². The van der Waals surface area contributed by atoms with Gasteiger partial charge in [0.1, 0.15) is 0 Å². The predicted octanol–water partition coefficient (Wildman–Crippen LogP) is 1.29. The second-order valence-electron chi connectivity index (χ2n) is 5.12. The number of nitrogens with zero attached hydrogens (tertiary/aromatic N) is 1. The molecule has 0 radical (unpaired) electrons. The van der Waals surface area contributed by atoms with Crippen molar-refractivity contribution in [2.24, 2.45) is 11.1 Å². The molecular weight excluding hydrogens is 246 g/mol. The lowest BCUT2D eigenvalue weighted by atomic mass is 9.81. The van der Waals surface area contributed by atoms with Crippen LogP contribution in [0, 0.1) is 5.41 Å². The van der Waals surface area contributed by atoms with E-state index in [0.29, 0.717) is 24.4 Å². The van der Waals surface area contributed by atoms with Gasteiger partial charge in [0.25, 0.3) is 0 Å². The number of nitrogens with two attached hydrogens (primary N) is 1. The smallest absolute Gasteiger partial charge is 0.233 e. The molecule has 0 saturated heterocycles. The summed E-state index contributed by atoms with van der Waals surface area (Å²) in [7, 11) is 2.10. The average molecular weight is 271 g/mol. The SMILES string of the molecule is CCC(CC)(C(=O)NCCN(C)C1CC1)C(N)=S. The zero-order valence-electron chi connectivity index (χ0n) is 11.7. The molecule has 0 bridgehead atoms. The molecule has 1 saturated carbocycles. The quantitative estimate of drug-likeness (QED) is 0.653. The van der Waals surface area contributed by atoms with Crippen LogP contribution in [0.4, 0.5) is 0 Å². The van der Waals surface area contributed by atoms with Gasteiger partial charge in [0, 0.05) is 19.1 Å². The molecule has 0 aromatic carbocycles. The summed E-state index contributed by atoms with van der Waals surface area (Å²) in [5.74, 6) is -0.0239. The maximum absolute atomic E-state index is 12.2. The molecule has 5 heteroatoms. The number of likely N-dealkylation sites (N-methyl/N-ethyl adjacent to an activating group) is 1. The minimum Gasteiger partial charge on any atom is -0.392 e. The number of amides is 1. The maximum atomic E-state index is 12.2. The predicted molar refractivity (Wildman–Crippen MR) is 78.5 cm³/mol. The first-order chi connectivity index (χ1) is 8.47. The van der Waals surface area contributed by atoms with Crippen LogP contribution in [0.15, 0.2) is 0 Å². The molecule has 1 amide bonds. The van der Waals surface area contributed by atoms with Crippen LogP contribution in [0.5, 0.6) is 0 Å². The van der Waals surface area contributed by atoms with Crippen molar-refractivity contribution in [3.8, 4) is 0 Å². The summed E-state index contributed by atoms with van der Waals surface area (Å²) in [5.41, 5.74) is 5.07. The lowest BCUT2D eigenvalue weighted by molar-refractivity contribution is -0.127. The molecule has 104 valence electrons. The molecule has 0 spiro atoms. The van der Waals surface area contributed by atoms with E-state index in [4.69, 9.17) is 18.0 Å². The Morgan fingerprint density at radius 2 is 2.00 bits per heavy atom. The van der Waals surface area contributed by atoms with Crippen LogP contribution in [0.1, 0.15) is 39.5 Å². The first-order valence-electron chi connectivity index (χ1n) is 6.76. The van der Waals surface area contributed by atoms with Crippen LogP contribution in [0.25, 0.3) is 0 Å². The molecule has 0 aromatic rings. The molecular formula is C13H25N3OS. The van der Waals surface area contributed by atoms with Gasteiger partial charge < -0.3 is 16.0 Å². The molecule has 0 aliphatic heterocycles. The van der Waals surface area contributed by atoms with Crippen molar-refractivity contribution >= 4 is 23.1 Å². The summed E-state index contributed by atoms with van der Waals surface area (Å²) >= 11 is 5.06. The molecule has 0 atom stereocenters. The van der Waals surface area contributed by atoms with Gasteiger partial charge in [-0.25, -0.2) is 0 Å². The molecule has 1 rings (SSSR count). The fraction of sp³-hybridized carbons (Fsp3) is 0.846. The summed E-state index contributed by atoms with van der Waals surface area (Å²) in [6.45, 7) is 5.46. The number of carbonyl (C=O) groups excluding carboxylic acids is 1. The fourth-order valence-corrected chi connectivity index (χ4v) is 2.63. The van der Waals surface area contributed by atoms with E-state index in [-0.39, 0.29) is 5.91 Å². The Balaban J connectivity index is 2.43. The molecule has 0 aromatic heterocycles. The van der Waals surface area contributed by atoms with Gasteiger partial charge in [-0.15, -0.1) is 0 Å². The van der Waals surface area contributed by atoms with Crippen molar-refractivity contribution in [3.63, 3.8) is 0 Å². The third-order valence-corrected chi connectivity index (χ3v) is 4.42. The number of thiocarbonyl (C=S) groups is 1. The van der Waals surface area contributed by atoms with Gasteiger partial charge in [0.15, 0.2) is 0 Å². The minimum absolute atomic E-state index is 0.0239. The molecule has 3 N–H and O–H groups in total. The number of carbonyl (C=O) groups is 1. The Hall–Kier alpha value is -0.680. The zero-order valence-corrected chi connectivity index (χ0v) is 12.5. The third-order valence-electron chi connectivity index (χ3n) is 4.03. The van der Waals surface area contributed by atoms with E-state index in [2.05, 4.69) is 17.3 Å². The van der Waals surface area contributed by atoms with Gasteiger partial charge in [0.05, 0.1) is 10.4 Å². The summed E-state index contributed by atoms with van der Waals surface area (Å²) in [6.07, 6.45) is 3.88. The minimum atomic E-state index is -0.673. The topological polar surface area (TPSA) is 58.4 Å². The van der Waals surface area contributed by atoms with Gasteiger partial charge in [-0.05, 0) is 32.7 Å². The third kappa shape index (κ3) is 3.42. The van der Waals surface area contributed by atoms with Crippen molar-refractivity contribution < 1.29 is 4.79 Å². The van der Waals surface area contributed by atoms with Gasteiger partial charge >= 0.3 is 0 Å². The highest BCUT2D eigenvalue weighted by atomic mass is 32.1. The maximum Gasteiger partial charge on any atom is 0.233 e.